The summed E-state index contributed by atoms with van der Waals surface area (Å²) in [6.07, 6.45) is 3.94. The molecular weight excluding hydrogens is 292 g/mol. The van der Waals surface area contributed by atoms with Gasteiger partial charge in [-0.2, -0.15) is 0 Å². The van der Waals surface area contributed by atoms with E-state index in [1.54, 1.807) is 0 Å². The van der Waals surface area contributed by atoms with E-state index in [9.17, 15) is 4.79 Å². The van der Waals surface area contributed by atoms with E-state index in [1.165, 1.54) is 0 Å². The van der Waals surface area contributed by atoms with Crippen LogP contribution in [0.1, 0.15) is 49.9 Å². The molecule has 3 heteroatoms. The van der Waals surface area contributed by atoms with Crippen LogP contribution in [-0.4, -0.2) is 17.2 Å². The van der Waals surface area contributed by atoms with E-state index in [4.69, 9.17) is 4.74 Å². The van der Waals surface area contributed by atoms with Gasteiger partial charge in [-0.15, -0.1) is 0 Å². The first-order chi connectivity index (χ1) is 8.63. The highest BCUT2D eigenvalue weighted by molar-refractivity contribution is 9.09. The van der Waals surface area contributed by atoms with E-state index in [2.05, 4.69) is 15.9 Å². The lowest BCUT2D eigenvalue weighted by molar-refractivity contribution is 0.0978. The maximum atomic E-state index is 12.0. The number of ketones is 1. The van der Waals surface area contributed by atoms with Gasteiger partial charge in [-0.25, -0.2) is 0 Å². The SMILES string of the molecule is CC(C)Oc1cccc(C(=O)CCCCCBr)c1. The topological polar surface area (TPSA) is 26.3 Å². The highest BCUT2D eigenvalue weighted by atomic mass is 79.9. The number of rotatable bonds is 8. The van der Waals surface area contributed by atoms with Crippen molar-refractivity contribution in [3.8, 4) is 5.75 Å². The average molecular weight is 313 g/mol. The lowest BCUT2D eigenvalue weighted by Crippen LogP contribution is -2.06. The number of halogens is 1. The zero-order valence-electron chi connectivity index (χ0n) is 11.1. The van der Waals surface area contributed by atoms with E-state index in [1.807, 2.05) is 38.1 Å². The Kier molecular flexibility index (Phi) is 7.02. The van der Waals surface area contributed by atoms with E-state index >= 15 is 0 Å². The van der Waals surface area contributed by atoms with Gasteiger partial charge in [0.15, 0.2) is 5.78 Å². The van der Waals surface area contributed by atoms with Crippen LogP contribution in [0.2, 0.25) is 0 Å². The summed E-state index contributed by atoms with van der Waals surface area (Å²) in [7, 11) is 0. The third kappa shape index (κ3) is 5.67. The van der Waals surface area contributed by atoms with Crippen molar-refractivity contribution < 1.29 is 9.53 Å². The highest BCUT2D eigenvalue weighted by Gasteiger charge is 2.07. The zero-order valence-corrected chi connectivity index (χ0v) is 12.7. The fourth-order valence-corrected chi connectivity index (χ4v) is 2.11. The summed E-state index contributed by atoms with van der Waals surface area (Å²) in [4.78, 5) is 12.0. The number of carbonyl (C=O) groups excluding carboxylic acids is 1. The van der Waals surface area contributed by atoms with E-state index in [0.29, 0.717) is 6.42 Å². The fourth-order valence-electron chi connectivity index (χ4n) is 1.72. The zero-order chi connectivity index (χ0) is 13.4. The van der Waals surface area contributed by atoms with E-state index < -0.39 is 0 Å². The first-order valence-corrected chi connectivity index (χ1v) is 7.61. The van der Waals surface area contributed by atoms with Gasteiger partial charge in [0.05, 0.1) is 6.10 Å². The summed E-state index contributed by atoms with van der Waals surface area (Å²) in [6.45, 7) is 3.96. The Morgan fingerprint density at radius 3 is 2.72 bits per heavy atom. The number of Topliss-reactive ketones (excluding diaryl/α,β-unsaturated/α-hetero) is 1. The summed E-state index contributed by atoms with van der Waals surface area (Å²) in [5, 5.41) is 1.01. The summed E-state index contributed by atoms with van der Waals surface area (Å²) in [6, 6.07) is 7.47. The smallest absolute Gasteiger partial charge is 0.163 e. The first kappa shape index (κ1) is 15.2. The molecule has 0 fully saturated rings. The minimum absolute atomic E-state index is 0.134. The van der Waals surface area contributed by atoms with Crippen molar-refractivity contribution in [1.82, 2.24) is 0 Å². The van der Waals surface area contributed by atoms with Crippen LogP contribution in [0.4, 0.5) is 0 Å². The Morgan fingerprint density at radius 1 is 1.28 bits per heavy atom. The molecule has 0 saturated heterocycles. The van der Waals surface area contributed by atoms with Crippen LogP contribution < -0.4 is 4.74 Å². The van der Waals surface area contributed by atoms with Gasteiger partial charge in [0.25, 0.3) is 0 Å². The molecule has 0 atom stereocenters. The third-order valence-electron chi connectivity index (χ3n) is 2.57. The van der Waals surface area contributed by atoms with Crippen molar-refractivity contribution in [2.45, 2.75) is 45.6 Å². The molecule has 100 valence electrons. The lowest BCUT2D eigenvalue weighted by atomic mass is 10.0. The molecule has 0 spiro atoms. The molecule has 0 aliphatic rings. The lowest BCUT2D eigenvalue weighted by Gasteiger charge is -2.10. The molecule has 0 aliphatic heterocycles. The van der Waals surface area contributed by atoms with E-state index in [0.717, 1.165) is 35.9 Å². The Hall–Kier alpha value is -0.830. The minimum atomic E-state index is 0.134. The van der Waals surface area contributed by atoms with Crippen LogP contribution in [-0.2, 0) is 0 Å². The number of hydrogen-bond donors (Lipinski definition) is 0. The standard InChI is InChI=1S/C15H21BrO2/c1-12(2)18-14-8-6-7-13(11-14)15(17)9-4-3-5-10-16/h6-8,11-12H,3-5,9-10H2,1-2H3. The molecule has 0 aromatic heterocycles. The van der Waals surface area contributed by atoms with E-state index in [-0.39, 0.29) is 11.9 Å². The largest absolute Gasteiger partial charge is 0.491 e. The molecule has 0 amide bonds. The normalized spacial score (nSPS) is 10.7. The molecule has 0 aliphatic carbocycles. The molecule has 0 bridgehead atoms. The molecule has 1 aromatic carbocycles. The first-order valence-electron chi connectivity index (χ1n) is 6.49. The predicted octanol–water partition coefficient (Wildman–Crippen LogP) is 4.61. The maximum absolute atomic E-state index is 12.0. The Labute approximate surface area is 118 Å². The van der Waals surface area contributed by atoms with Crippen molar-refractivity contribution in [2.24, 2.45) is 0 Å². The predicted molar refractivity (Wildman–Crippen MR) is 78.8 cm³/mol. The quantitative estimate of drug-likeness (QED) is 0.398. The number of benzene rings is 1. The van der Waals surface area contributed by atoms with Gasteiger partial charge in [-0.3, -0.25) is 4.79 Å². The van der Waals surface area contributed by atoms with Crippen molar-refractivity contribution in [3.05, 3.63) is 29.8 Å². The molecule has 1 aromatic rings. The monoisotopic (exact) mass is 312 g/mol. The molecule has 1 rings (SSSR count). The van der Waals surface area contributed by atoms with Crippen LogP contribution in [0.5, 0.6) is 5.75 Å². The minimum Gasteiger partial charge on any atom is -0.491 e. The van der Waals surface area contributed by atoms with Crippen molar-refractivity contribution in [2.75, 3.05) is 5.33 Å². The summed E-state index contributed by atoms with van der Waals surface area (Å²) in [5.74, 6) is 0.982. The van der Waals surface area contributed by atoms with Crippen LogP contribution in [0, 0.1) is 0 Å². The number of hydrogen-bond acceptors (Lipinski definition) is 2. The van der Waals surface area contributed by atoms with Crippen LogP contribution in [0.25, 0.3) is 0 Å². The highest BCUT2D eigenvalue weighted by Crippen LogP contribution is 2.17. The van der Waals surface area contributed by atoms with Crippen LogP contribution >= 0.6 is 15.9 Å². The fraction of sp³-hybridized carbons (Fsp3) is 0.533. The van der Waals surface area contributed by atoms with Crippen molar-refractivity contribution in [3.63, 3.8) is 0 Å². The second kappa shape index (κ2) is 8.30. The van der Waals surface area contributed by atoms with Gasteiger partial charge in [0.1, 0.15) is 5.75 Å². The summed E-state index contributed by atoms with van der Waals surface area (Å²) in [5.41, 5.74) is 0.756. The molecule has 0 radical (unpaired) electrons. The van der Waals surface area contributed by atoms with Gasteiger partial charge < -0.3 is 4.74 Å². The molecule has 0 saturated carbocycles. The Balaban J connectivity index is 2.51. The second-order valence-corrected chi connectivity index (χ2v) is 5.41. The van der Waals surface area contributed by atoms with Crippen LogP contribution in [0.3, 0.4) is 0 Å². The van der Waals surface area contributed by atoms with Crippen molar-refractivity contribution in [1.29, 1.82) is 0 Å². The summed E-state index contributed by atoms with van der Waals surface area (Å²) < 4.78 is 5.59. The van der Waals surface area contributed by atoms with Gasteiger partial charge in [-0.05, 0) is 38.8 Å². The second-order valence-electron chi connectivity index (χ2n) is 4.62. The molecule has 0 unspecified atom stereocenters. The van der Waals surface area contributed by atoms with Gasteiger partial charge in [0, 0.05) is 17.3 Å². The maximum Gasteiger partial charge on any atom is 0.163 e. The van der Waals surface area contributed by atoms with Gasteiger partial charge in [0.2, 0.25) is 0 Å². The summed E-state index contributed by atoms with van der Waals surface area (Å²) >= 11 is 3.39. The third-order valence-corrected chi connectivity index (χ3v) is 3.13. The molecule has 18 heavy (non-hydrogen) atoms. The van der Waals surface area contributed by atoms with Crippen LogP contribution in [0.15, 0.2) is 24.3 Å². The Bertz CT molecular complexity index is 375. The molecule has 0 N–H and O–H groups in total. The number of carbonyl (C=O) groups is 1. The van der Waals surface area contributed by atoms with Gasteiger partial charge in [-0.1, -0.05) is 34.5 Å². The van der Waals surface area contributed by atoms with Crippen molar-refractivity contribution >= 4 is 21.7 Å². The molecular formula is C15H21BrO2. The number of alkyl halides is 1. The Morgan fingerprint density at radius 2 is 2.06 bits per heavy atom. The number of ether oxygens (including phenoxy) is 1. The molecule has 0 heterocycles. The number of unbranched alkanes of at least 4 members (excludes halogenated alkanes) is 2. The van der Waals surface area contributed by atoms with Gasteiger partial charge >= 0.3 is 0 Å². The molecule has 2 nitrogen and oxygen atoms in total. The average Bonchev–Trinajstić information content (AvgIpc) is 2.34.